The minimum Gasteiger partial charge on any atom is -0.405 e. The van der Waals surface area contributed by atoms with Crippen LogP contribution in [0.15, 0.2) is 37.1 Å². The second kappa shape index (κ2) is 15.2. The molecule has 0 saturated carbocycles. The van der Waals surface area contributed by atoms with Crippen molar-refractivity contribution in [3.8, 4) is 0 Å². The van der Waals surface area contributed by atoms with Crippen LogP contribution in [0.4, 0.5) is 4.79 Å². The Hall–Kier alpha value is -1.75. The number of amides is 2. The van der Waals surface area contributed by atoms with Gasteiger partial charge in [0.2, 0.25) is 0 Å². The lowest BCUT2D eigenvalue weighted by molar-refractivity contribution is 0.165. The van der Waals surface area contributed by atoms with E-state index in [4.69, 9.17) is 5.73 Å². The molecule has 5 heteroatoms. The van der Waals surface area contributed by atoms with Gasteiger partial charge >= 0.3 is 6.03 Å². The zero-order valence-corrected chi connectivity index (χ0v) is 15.3. The first-order chi connectivity index (χ1) is 10.9. The van der Waals surface area contributed by atoms with Gasteiger partial charge in [0.05, 0.1) is 0 Å². The number of nitrogens with one attached hydrogen (secondary N) is 1. The summed E-state index contributed by atoms with van der Waals surface area (Å²) in [5, 5.41) is 2.64. The molecule has 1 aliphatic heterocycles. The number of hydrogen-bond donors (Lipinski definition) is 3. The highest BCUT2D eigenvalue weighted by atomic mass is 16.2. The van der Waals surface area contributed by atoms with E-state index in [-0.39, 0.29) is 12.1 Å². The second-order valence-electron chi connectivity index (χ2n) is 5.67. The Kier molecular flexibility index (Phi) is 15.5. The number of nitrogens with zero attached hydrogens (tertiary/aromatic N) is 1. The molecule has 0 spiro atoms. The van der Waals surface area contributed by atoms with Crippen LogP contribution in [-0.2, 0) is 0 Å². The lowest BCUT2D eigenvalue weighted by Crippen LogP contribution is -2.46. The maximum atomic E-state index is 11.3. The quantitative estimate of drug-likeness (QED) is 0.698. The Morgan fingerprint density at radius 1 is 1.35 bits per heavy atom. The maximum absolute atomic E-state index is 11.3. The van der Waals surface area contributed by atoms with E-state index < -0.39 is 0 Å². The van der Waals surface area contributed by atoms with Gasteiger partial charge in [0.25, 0.3) is 0 Å². The first-order valence-corrected chi connectivity index (χ1v) is 8.13. The average molecular weight is 325 g/mol. The second-order valence-corrected chi connectivity index (χ2v) is 5.67. The molecule has 1 unspecified atom stereocenters. The van der Waals surface area contributed by atoms with Crippen LogP contribution in [0.2, 0.25) is 0 Å². The summed E-state index contributed by atoms with van der Waals surface area (Å²) in [6, 6.07) is 0.222. The molecule has 134 valence electrons. The molecule has 0 radical (unpaired) electrons. The van der Waals surface area contributed by atoms with Crippen molar-refractivity contribution in [1.82, 2.24) is 10.2 Å². The zero-order valence-electron chi connectivity index (χ0n) is 15.3. The fraction of sp³-hybridized carbons (Fsp3) is 0.611. The van der Waals surface area contributed by atoms with Crippen LogP contribution in [0.25, 0.3) is 0 Å². The molecular weight excluding hydrogens is 288 g/mol. The average Bonchev–Trinajstić information content (AvgIpc) is 2.55. The van der Waals surface area contributed by atoms with Crippen LogP contribution in [0.1, 0.15) is 40.0 Å². The predicted molar refractivity (Wildman–Crippen MR) is 101 cm³/mol. The highest BCUT2D eigenvalue weighted by molar-refractivity contribution is 5.73. The summed E-state index contributed by atoms with van der Waals surface area (Å²) >= 11 is 0. The van der Waals surface area contributed by atoms with Gasteiger partial charge in [-0.05, 0) is 52.2 Å². The molecule has 0 aliphatic carbocycles. The van der Waals surface area contributed by atoms with Gasteiger partial charge in [-0.2, -0.15) is 0 Å². The summed E-state index contributed by atoms with van der Waals surface area (Å²) < 4.78 is 0. The fourth-order valence-corrected chi connectivity index (χ4v) is 2.07. The van der Waals surface area contributed by atoms with Gasteiger partial charge in [0.1, 0.15) is 0 Å². The van der Waals surface area contributed by atoms with Gasteiger partial charge in [-0.3, -0.25) is 0 Å². The van der Waals surface area contributed by atoms with E-state index in [1.54, 1.807) is 7.05 Å². The van der Waals surface area contributed by atoms with Crippen molar-refractivity contribution >= 4 is 6.03 Å². The van der Waals surface area contributed by atoms with E-state index in [0.717, 1.165) is 32.4 Å². The lowest BCUT2D eigenvalue weighted by atomic mass is 9.88. The zero-order chi connectivity index (χ0) is 18.3. The molecule has 0 aromatic carbocycles. The summed E-state index contributed by atoms with van der Waals surface area (Å²) in [6.45, 7) is 14.7. The van der Waals surface area contributed by atoms with E-state index in [2.05, 4.69) is 44.1 Å². The van der Waals surface area contributed by atoms with Crippen molar-refractivity contribution in [3.05, 3.63) is 37.1 Å². The van der Waals surface area contributed by atoms with Crippen LogP contribution in [0, 0.1) is 5.92 Å². The number of allylic oxidation sites excluding steroid dienone is 2. The fourth-order valence-electron chi connectivity index (χ4n) is 2.07. The Bertz CT molecular complexity index is 354. The first kappa shape index (κ1) is 23.5. The molecule has 2 amide bonds. The monoisotopic (exact) mass is 324 g/mol. The molecule has 1 fully saturated rings. The van der Waals surface area contributed by atoms with Crippen molar-refractivity contribution in [2.75, 3.05) is 20.1 Å². The van der Waals surface area contributed by atoms with Gasteiger partial charge < -0.3 is 21.7 Å². The number of carbonyl (C=O) groups excluding carboxylic acids is 1. The van der Waals surface area contributed by atoms with Gasteiger partial charge in [0.15, 0.2) is 0 Å². The van der Waals surface area contributed by atoms with Gasteiger partial charge in [0, 0.05) is 26.2 Å². The van der Waals surface area contributed by atoms with Crippen molar-refractivity contribution in [2.45, 2.75) is 46.1 Å². The van der Waals surface area contributed by atoms with Crippen LogP contribution < -0.4 is 16.8 Å². The Balaban J connectivity index is 0. The molecule has 0 aromatic rings. The van der Waals surface area contributed by atoms with Gasteiger partial charge in [-0.15, -0.1) is 6.58 Å². The Labute approximate surface area is 142 Å². The maximum Gasteiger partial charge on any atom is 0.317 e. The highest BCUT2D eigenvalue weighted by Crippen LogP contribution is 2.21. The highest BCUT2D eigenvalue weighted by Gasteiger charge is 2.25. The van der Waals surface area contributed by atoms with Gasteiger partial charge in [-0.25, -0.2) is 4.79 Å². The molecule has 0 aromatic heterocycles. The minimum absolute atomic E-state index is 0.0192. The van der Waals surface area contributed by atoms with Crippen LogP contribution >= 0.6 is 0 Å². The molecule has 0 bridgehead atoms. The van der Waals surface area contributed by atoms with Crippen molar-refractivity contribution in [3.63, 3.8) is 0 Å². The molecule has 5 N–H and O–H groups in total. The normalized spacial score (nSPS) is 14.9. The number of hydrogen-bond acceptors (Lipinski definition) is 3. The summed E-state index contributed by atoms with van der Waals surface area (Å²) in [6.07, 6.45) is 8.07. The van der Waals surface area contributed by atoms with Crippen molar-refractivity contribution in [2.24, 2.45) is 17.4 Å². The predicted octanol–water partition coefficient (Wildman–Crippen LogP) is 3.00. The van der Waals surface area contributed by atoms with E-state index in [1.165, 1.54) is 11.8 Å². The number of urea groups is 1. The molecule has 1 saturated heterocycles. The molecule has 23 heavy (non-hydrogen) atoms. The van der Waals surface area contributed by atoms with Crippen LogP contribution in [-0.4, -0.2) is 37.1 Å². The largest absolute Gasteiger partial charge is 0.405 e. The number of nitrogens with two attached hydrogens (primary N) is 2. The Morgan fingerprint density at radius 2 is 1.78 bits per heavy atom. The van der Waals surface area contributed by atoms with E-state index in [0.29, 0.717) is 5.92 Å². The van der Waals surface area contributed by atoms with E-state index in [9.17, 15) is 4.79 Å². The molecular formula is C18H36N4O. The smallest absolute Gasteiger partial charge is 0.317 e. The van der Waals surface area contributed by atoms with E-state index >= 15 is 0 Å². The molecule has 5 nitrogen and oxygen atoms in total. The number of carbonyl (C=O) groups is 1. The topological polar surface area (TPSA) is 84.4 Å². The third kappa shape index (κ3) is 12.5. The lowest BCUT2D eigenvalue weighted by Gasteiger charge is -2.34. The van der Waals surface area contributed by atoms with Gasteiger partial charge in [-0.1, -0.05) is 24.3 Å². The third-order valence-corrected chi connectivity index (χ3v) is 3.66. The van der Waals surface area contributed by atoms with Crippen LogP contribution in [0.3, 0.4) is 0 Å². The van der Waals surface area contributed by atoms with Crippen molar-refractivity contribution in [1.29, 1.82) is 0 Å². The number of likely N-dealkylation sites (tertiary alicyclic amines) is 1. The SMILES string of the molecule is C=CCC(N)C1CCN(C(=O)NC)CC1.C=CN.CC=C(C)C. The van der Waals surface area contributed by atoms with E-state index in [1.807, 2.05) is 17.9 Å². The molecule has 1 rings (SSSR count). The standard InChI is InChI=1S/C11H21N3O.C5H10.C2H5N/c1-3-4-10(12)9-5-7-14(8-6-9)11(15)13-2;1-4-5(2)3;1-2-3/h3,9-10H,1,4-8,12H2,2H3,(H,13,15);4H,1-3H3;2H,1,3H2. The first-order valence-electron chi connectivity index (χ1n) is 8.13. The number of rotatable bonds is 3. The molecule has 1 aliphatic rings. The number of piperidine rings is 1. The van der Waals surface area contributed by atoms with Crippen molar-refractivity contribution < 1.29 is 4.79 Å². The third-order valence-electron chi connectivity index (χ3n) is 3.66. The summed E-state index contributed by atoms with van der Waals surface area (Å²) in [5.41, 5.74) is 12.0. The minimum atomic E-state index is 0.0192. The Morgan fingerprint density at radius 3 is 2.09 bits per heavy atom. The summed E-state index contributed by atoms with van der Waals surface area (Å²) in [4.78, 5) is 13.2. The van der Waals surface area contributed by atoms with Crippen LogP contribution in [0.5, 0.6) is 0 Å². The summed E-state index contributed by atoms with van der Waals surface area (Å²) in [5.74, 6) is 0.531. The molecule has 1 atom stereocenters. The molecule has 1 heterocycles. The summed E-state index contributed by atoms with van der Waals surface area (Å²) in [7, 11) is 1.66.